The zero-order valence-electron chi connectivity index (χ0n) is 13.7. The molecule has 2 aromatic rings. The summed E-state index contributed by atoms with van der Waals surface area (Å²) in [5, 5.41) is 9.50. The van der Waals surface area contributed by atoms with E-state index in [-0.39, 0.29) is 4.90 Å². The molecule has 1 fully saturated rings. The molecule has 0 bridgehead atoms. The predicted molar refractivity (Wildman–Crippen MR) is 95.8 cm³/mol. The van der Waals surface area contributed by atoms with E-state index in [0.29, 0.717) is 23.7 Å². The molecule has 0 saturated carbocycles. The molecule has 0 unspecified atom stereocenters. The van der Waals surface area contributed by atoms with Crippen LogP contribution in [0.25, 0.3) is 0 Å². The van der Waals surface area contributed by atoms with Crippen LogP contribution >= 0.6 is 11.6 Å². The van der Waals surface area contributed by atoms with Gasteiger partial charge in [-0.2, -0.15) is 9.57 Å². The highest BCUT2D eigenvalue weighted by Gasteiger charge is 2.30. The number of rotatable bonds is 4. The zero-order chi connectivity index (χ0) is 17.9. The fourth-order valence-electron chi connectivity index (χ4n) is 3.01. The average molecular weight is 377 g/mol. The van der Waals surface area contributed by atoms with Crippen molar-refractivity contribution >= 4 is 21.6 Å². The Bertz CT molecular complexity index is 883. The van der Waals surface area contributed by atoms with Crippen molar-refractivity contribution in [2.45, 2.75) is 11.4 Å². The summed E-state index contributed by atoms with van der Waals surface area (Å²) >= 11 is 5.83. The van der Waals surface area contributed by atoms with E-state index in [1.807, 2.05) is 18.2 Å². The van der Waals surface area contributed by atoms with Crippen LogP contribution in [0.2, 0.25) is 5.02 Å². The Morgan fingerprint density at radius 3 is 2.44 bits per heavy atom. The van der Waals surface area contributed by atoms with E-state index in [2.05, 4.69) is 6.07 Å². The van der Waals surface area contributed by atoms with Crippen molar-refractivity contribution in [1.82, 2.24) is 4.31 Å². The summed E-state index contributed by atoms with van der Waals surface area (Å²) < 4.78 is 26.9. The number of quaternary nitrogens is 1. The van der Waals surface area contributed by atoms with Crippen molar-refractivity contribution in [2.24, 2.45) is 0 Å². The van der Waals surface area contributed by atoms with E-state index in [1.54, 1.807) is 30.3 Å². The molecule has 0 spiro atoms. The van der Waals surface area contributed by atoms with Crippen LogP contribution in [0.4, 0.5) is 0 Å². The third-order valence-corrected chi connectivity index (χ3v) is 6.56. The van der Waals surface area contributed by atoms with Gasteiger partial charge in [0.25, 0.3) is 0 Å². The first-order valence-electron chi connectivity index (χ1n) is 8.07. The van der Waals surface area contributed by atoms with Gasteiger partial charge in [-0.1, -0.05) is 23.7 Å². The number of benzene rings is 2. The molecule has 1 saturated heterocycles. The van der Waals surface area contributed by atoms with Gasteiger partial charge in [0.05, 0.1) is 42.7 Å². The van der Waals surface area contributed by atoms with Crippen LogP contribution in [-0.4, -0.2) is 38.9 Å². The lowest BCUT2D eigenvalue weighted by molar-refractivity contribution is -0.917. The number of nitriles is 1. The Kier molecular flexibility index (Phi) is 5.40. The van der Waals surface area contributed by atoms with Gasteiger partial charge in [0.15, 0.2) is 0 Å². The molecule has 1 aliphatic heterocycles. The van der Waals surface area contributed by atoms with Crippen LogP contribution in [-0.2, 0) is 16.6 Å². The van der Waals surface area contributed by atoms with Gasteiger partial charge in [-0.3, -0.25) is 0 Å². The number of nitrogens with one attached hydrogen (secondary N) is 1. The lowest BCUT2D eigenvalue weighted by Gasteiger charge is -2.31. The van der Waals surface area contributed by atoms with Crippen LogP contribution in [0.15, 0.2) is 53.4 Å². The number of sulfonamides is 1. The molecule has 25 heavy (non-hydrogen) atoms. The third-order valence-electron chi connectivity index (χ3n) is 4.39. The second-order valence-electron chi connectivity index (χ2n) is 6.10. The molecule has 5 nitrogen and oxygen atoms in total. The maximum Gasteiger partial charge on any atom is 0.243 e. The van der Waals surface area contributed by atoms with Crippen molar-refractivity contribution in [3.05, 3.63) is 64.7 Å². The summed E-state index contributed by atoms with van der Waals surface area (Å²) in [5.41, 5.74) is 1.75. The van der Waals surface area contributed by atoms with Crippen molar-refractivity contribution in [3.63, 3.8) is 0 Å². The van der Waals surface area contributed by atoms with E-state index < -0.39 is 10.0 Å². The smallest absolute Gasteiger partial charge is 0.243 e. The molecule has 1 aliphatic rings. The second-order valence-corrected chi connectivity index (χ2v) is 8.47. The maximum absolute atomic E-state index is 12.7. The normalized spacial score (nSPS) is 16.5. The highest BCUT2D eigenvalue weighted by Crippen LogP contribution is 2.18. The van der Waals surface area contributed by atoms with Gasteiger partial charge in [-0.15, -0.1) is 0 Å². The highest BCUT2D eigenvalue weighted by molar-refractivity contribution is 7.89. The average Bonchev–Trinajstić information content (AvgIpc) is 2.63. The van der Waals surface area contributed by atoms with E-state index in [9.17, 15) is 8.42 Å². The van der Waals surface area contributed by atoms with Crippen molar-refractivity contribution in [2.75, 3.05) is 26.2 Å². The molecular formula is C18H19ClN3O2S+. The van der Waals surface area contributed by atoms with Crippen molar-refractivity contribution in [1.29, 1.82) is 5.26 Å². The molecule has 0 aromatic heterocycles. The van der Waals surface area contributed by atoms with E-state index >= 15 is 0 Å². The summed E-state index contributed by atoms with van der Waals surface area (Å²) in [6.45, 7) is 3.24. The Hall–Kier alpha value is -1.91. The molecular weight excluding hydrogens is 358 g/mol. The number of halogens is 1. The number of hydrogen-bond acceptors (Lipinski definition) is 3. The summed E-state index contributed by atoms with van der Waals surface area (Å²) in [5.74, 6) is 0. The maximum atomic E-state index is 12.7. The molecule has 1 heterocycles. The zero-order valence-corrected chi connectivity index (χ0v) is 15.2. The standard InChI is InChI=1S/C18H18ClN3O2S/c19-17-4-6-18(7-5-17)25(23,24)22-10-8-21(9-11-22)14-16-3-1-2-15(12-16)13-20/h1-7,12H,8-11,14H2/p+1. The van der Waals surface area contributed by atoms with Crippen LogP contribution in [0.5, 0.6) is 0 Å². The summed E-state index contributed by atoms with van der Waals surface area (Å²) in [7, 11) is -3.47. The summed E-state index contributed by atoms with van der Waals surface area (Å²) in [6.07, 6.45) is 0. The third kappa shape index (κ3) is 4.20. The number of nitrogens with zero attached hydrogens (tertiary/aromatic N) is 2. The highest BCUT2D eigenvalue weighted by atomic mass is 35.5. The molecule has 3 rings (SSSR count). The summed E-state index contributed by atoms with van der Waals surface area (Å²) in [4.78, 5) is 1.60. The second kappa shape index (κ2) is 7.54. The lowest BCUT2D eigenvalue weighted by Crippen LogP contribution is -3.13. The van der Waals surface area contributed by atoms with Gasteiger partial charge in [-0.25, -0.2) is 8.42 Å². The number of piperazine rings is 1. The molecule has 2 aromatic carbocycles. The van der Waals surface area contributed by atoms with Crippen LogP contribution in [0.3, 0.4) is 0 Å². The first kappa shape index (κ1) is 17.9. The quantitative estimate of drug-likeness (QED) is 0.874. The van der Waals surface area contributed by atoms with E-state index in [0.717, 1.165) is 25.2 Å². The first-order valence-corrected chi connectivity index (χ1v) is 9.89. The fraction of sp³-hybridized carbons (Fsp3) is 0.278. The van der Waals surface area contributed by atoms with Crippen LogP contribution < -0.4 is 4.90 Å². The minimum Gasteiger partial charge on any atom is -0.329 e. The fourth-order valence-corrected chi connectivity index (χ4v) is 4.58. The number of hydrogen-bond donors (Lipinski definition) is 1. The minimum absolute atomic E-state index is 0.280. The van der Waals surface area contributed by atoms with Gasteiger partial charge in [0.1, 0.15) is 6.54 Å². The van der Waals surface area contributed by atoms with Crippen LogP contribution in [0, 0.1) is 11.3 Å². The molecule has 0 amide bonds. The summed E-state index contributed by atoms with van der Waals surface area (Å²) in [6, 6.07) is 16.0. The van der Waals surface area contributed by atoms with E-state index in [4.69, 9.17) is 16.9 Å². The van der Waals surface area contributed by atoms with Gasteiger partial charge in [-0.05, 0) is 36.4 Å². The largest absolute Gasteiger partial charge is 0.329 e. The molecule has 130 valence electrons. The monoisotopic (exact) mass is 376 g/mol. The molecule has 0 radical (unpaired) electrons. The van der Waals surface area contributed by atoms with Gasteiger partial charge in [0.2, 0.25) is 10.0 Å². The Labute approximate surface area is 153 Å². The van der Waals surface area contributed by atoms with Gasteiger partial charge >= 0.3 is 0 Å². The van der Waals surface area contributed by atoms with Crippen LogP contribution in [0.1, 0.15) is 11.1 Å². The Morgan fingerprint density at radius 1 is 1.12 bits per heavy atom. The van der Waals surface area contributed by atoms with Gasteiger partial charge in [0, 0.05) is 10.6 Å². The predicted octanol–water partition coefficient (Wildman–Crippen LogP) is 1.30. The lowest BCUT2D eigenvalue weighted by atomic mass is 10.1. The molecule has 7 heteroatoms. The van der Waals surface area contributed by atoms with Crippen molar-refractivity contribution in [3.8, 4) is 6.07 Å². The van der Waals surface area contributed by atoms with Gasteiger partial charge < -0.3 is 4.90 Å². The van der Waals surface area contributed by atoms with E-state index in [1.165, 1.54) is 9.21 Å². The molecule has 1 N–H and O–H groups in total. The molecule has 0 atom stereocenters. The molecule has 0 aliphatic carbocycles. The Balaban J connectivity index is 1.63. The first-order chi connectivity index (χ1) is 12.0. The Morgan fingerprint density at radius 2 is 1.80 bits per heavy atom. The van der Waals surface area contributed by atoms with Crippen molar-refractivity contribution < 1.29 is 13.3 Å². The SMILES string of the molecule is N#Cc1cccc(C[NH+]2CCN(S(=O)(=O)c3ccc(Cl)cc3)CC2)c1. The minimum atomic E-state index is -3.47. The topological polar surface area (TPSA) is 65.6 Å².